The van der Waals surface area contributed by atoms with Crippen molar-refractivity contribution >= 4 is 0 Å². The van der Waals surface area contributed by atoms with Crippen LogP contribution in [0.3, 0.4) is 0 Å². The number of likely N-dealkylation sites (N-methyl/N-ethyl adjacent to an activating group) is 1. The summed E-state index contributed by atoms with van der Waals surface area (Å²) >= 11 is 0. The molecule has 2 saturated heterocycles. The fourth-order valence-corrected chi connectivity index (χ4v) is 3.41. The maximum absolute atomic E-state index is 6.16. The molecule has 2 rings (SSSR count). The van der Waals surface area contributed by atoms with Crippen molar-refractivity contribution in [1.29, 1.82) is 0 Å². The summed E-state index contributed by atoms with van der Waals surface area (Å²) in [5.41, 5.74) is -0.103. The van der Waals surface area contributed by atoms with Gasteiger partial charge in [-0.25, -0.2) is 0 Å². The molecule has 2 aliphatic heterocycles. The second-order valence-corrected chi connectivity index (χ2v) is 6.82. The maximum Gasteiger partial charge on any atom is 0.0826 e. The lowest BCUT2D eigenvalue weighted by Crippen LogP contribution is -2.51. The molecule has 0 aliphatic carbocycles. The molecule has 106 valence electrons. The summed E-state index contributed by atoms with van der Waals surface area (Å²) in [5.74, 6) is 0. The third-order valence-corrected chi connectivity index (χ3v) is 4.05. The van der Waals surface area contributed by atoms with Crippen molar-refractivity contribution in [2.45, 2.75) is 57.5 Å². The van der Waals surface area contributed by atoms with E-state index in [1.807, 2.05) is 0 Å². The van der Waals surface area contributed by atoms with Crippen molar-refractivity contribution in [2.75, 3.05) is 33.3 Å². The van der Waals surface area contributed by atoms with Crippen molar-refractivity contribution in [1.82, 2.24) is 10.2 Å². The van der Waals surface area contributed by atoms with Crippen LogP contribution in [-0.4, -0.2) is 61.5 Å². The van der Waals surface area contributed by atoms with E-state index in [0.717, 1.165) is 32.7 Å². The highest BCUT2D eigenvalue weighted by molar-refractivity contribution is 4.99. The Morgan fingerprint density at radius 1 is 1.28 bits per heavy atom. The second kappa shape index (κ2) is 5.08. The molecule has 2 atom stereocenters. The van der Waals surface area contributed by atoms with Crippen LogP contribution in [0.1, 0.15) is 34.1 Å². The van der Waals surface area contributed by atoms with Crippen molar-refractivity contribution in [3.8, 4) is 0 Å². The highest BCUT2D eigenvalue weighted by atomic mass is 16.5. The van der Waals surface area contributed by atoms with E-state index in [0.29, 0.717) is 12.1 Å². The number of hydrogen-bond donors (Lipinski definition) is 1. The lowest BCUT2D eigenvalue weighted by molar-refractivity contribution is -0.0829. The van der Waals surface area contributed by atoms with Crippen LogP contribution in [0.2, 0.25) is 0 Å². The number of nitrogens with one attached hydrogen (secondary N) is 1. The van der Waals surface area contributed by atoms with E-state index < -0.39 is 0 Å². The fourth-order valence-electron chi connectivity index (χ4n) is 3.41. The van der Waals surface area contributed by atoms with Crippen LogP contribution in [0.5, 0.6) is 0 Å². The molecule has 0 radical (unpaired) electrons. The fraction of sp³-hybridized carbons (Fsp3) is 1.00. The minimum absolute atomic E-state index is 0.0197. The molecule has 0 aromatic heterocycles. The molecule has 0 saturated carbocycles. The monoisotopic (exact) mass is 256 g/mol. The summed E-state index contributed by atoms with van der Waals surface area (Å²) in [6, 6.07) is 0.457. The van der Waals surface area contributed by atoms with Gasteiger partial charge in [-0.3, -0.25) is 4.90 Å². The smallest absolute Gasteiger partial charge is 0.0826 e. The van der Waals surface area contributed by atoms with Crippen LogP contribution in [0.4, 0.5) is 0 Å². The van der Waals surface area contributed by atoms with Gasteiger partial charge in [-0.2, -0.15) is 0 Å². The molecule has 4 heteroatoms. The average Bonchev–Trinajstić information content (AvgIpc) is 2.48. The van der Waals surface area contributed by atoms with Crippen LogP contribution in [0.25, 0.3) is 0 Å². The topological polar surface area (TPSA) is 33.7 Å². The van der Waals surface area contributed by atoms with E-state index in [9.17, 15) is 0 Å². The SMILES string of the molecule is CN(CC1CNCCO1)C1CC(C)(C)OC1(C)C. The first kappa shape index (κ1) is 14.3. The van der Waals surface area contributed by atoms with Gasteiger partial charge in [0.1, 0.15) is 0 Å². The largest absolute Gasteiger partial charge is 0.374 e. The highest BCUT2D eigenvalue weighted by Gasteiger charge is 2.47. The Balaban J connectivity index is 1.93. The predicted molar refractivity (Wildman–Crippen MR) is 72.9 cm³/mol. The average molecular weight is 256 g/mol. The van der Waals surface area contributed by atoms with Crippen LogP contribution in [-0.2, 0) is 9.47 Å². The lowest BCUT2D eigenvalue weighted by atomic mass is 9.93. The molecule has 2 unspecified atom stereocenters. The van der Waals surface area contributed by atoms with Gasteiger partial charge in [0.2, 0.25) is 0 Å². The lowest BCUT2D eigenvalue weighted by Gasteiger charge is -2.36. The molecule has 1 N–H and O–H groups in total. The highest BCUT2D eigenvalue weighted by Crippen LogP contribution is 2.39. The number of ether oxygens (including phenoxy) is 2. The summed E-state index contributed by atoms with van der Waals surface area (Å²) in [7, 11) is 2.19. The van der Waals surface area contributed by atoms with E-state index in [4.69, 9.17) is 9.47 Å². The van der Waals surface area contributed by atoms with E-state index in [-0.39, 0.29) is 11.2 Å². The molecule has 18 heavy (non-hydrogen) atoms. The van der Waals surface area contributed by atoms with Gasteiger partial charge in [0.25, 0.3) is 0 Å². The van der Waals surface area contributed by atoms with E-state index in [1.54, 1.807) is 0 Å². The van der Waals surface area contributed by atoms with Gasteiger partial charge in [0, 0.05) is 25.7 Å². The molecular weight excluding hydrogens is 228 g/mol. The molecule has 2 fully saturated rings. The second-order valence-electron chi connectivity index (χ2n) is 6.82. The molecule has 0 amide bonds. The van der Waals surface area contributed by atoms with Crippen LogP contribution in [0, 0.1) is 0 Å². The normalized spacial score (nSPS) is 35.0. The number of rotatable bonds is 3. The van der Waals surface area contributed by atoms with Gasteiger partial charge < -0.3 is 14.8 Å². The molecule has 0 bridgehead atoms. The van der Waals surface area contributed by atoms with Crippen LogP contribution >= 0.6 is 0 Å². The summed E-state index contributed by atoms with van der Waals surface area (Å²) in [5, 5.41) is 3.38. The molecule has 4 nitrogen and oxygen atoms in total. The number of morpholine rings is 1. The third kappa shape index (κ3) is 3.23. The van der Waals surface area contributed by atoms with Crippen LogP contribution in [0.15, 0.2) is 0 Å². The van der Waals surface area contributed by atoms with Gasteiger partial charge in [-0.05, 0) is 41.2 Å². The molecule has 0 aromatic carbocycles. The molecule has 2 heterocycles. The Labute approximate surface area is 111 Å². The Morgan fingerprint density at radius 2 is 2.00 bits per heavy atom. The third-order valence-electron chi connectivity index (χ3n) is 4.05. The van der Waals surface area contributed by atoms with Gasteiger partial charge in [-0.15, -0.1) is 0 Å². The van der Waals surface area contributed by atoms with Crippen LogP contribution < -0.4 is 5.32 Å². The summed E-state index contributed by atoms with van der Waals surface area (Å²) in [6.45, 7) is 12.5. The van der Waals surface area contributed by atoms with Crippen molar-refractivity contribution in [2.24, 2.45) is 0 Å². The maximum atomic E-state index is 6.16. The standard InChI is InChI=1S/C14H28N2O2/c1-13(2)8-12(14(3,4)18-13)16(5)10-11-9-15-6-7-17-11/h11-12,15H,6-10H2,1-5H3. The van der Waals surface area contributed by atoms with E-state index >= 15 is 0 Å². The molecule has 0 aromatic rings. The van der Waals surface area contributed by atoms with E-state index in [2.05, 4.69) is 45.0 Å². The minimum atomic E-state index is -0.0830. The number of nitrogens with zero attached hydrogens (tertiary/aromatic N) is 1. The van der Waals surface area contributed by atoms with Crippen molar-refractivity contribution in [3.63, 3.8) is 0 Å². The quantitative estimate of drug-likeness (QED) is 0.824. The number of hydrogen-bond acceptors (Lipinski definition) is 4. The Kier molecular flexibility index (Phi) is 4.02. The van der Waals surface area contributed by atoms with Gasteiger partial charge in [-0.1, -0.05) is 0 Å². The van der Waals surface area contributed by atoms with Gasteiger partial charge in [0.15, 0.2) is 0 Å². The molecule has 2 aliphatic rings. The zero-order valence-electron chi connectivity index (χ0n) is 12.5. The Morgan fingerprint density at radius 3 is 2.50 bits per heavy atom. The Bertz CT molecular complexity index is 286. The van der Waals surface area contributed by atoms with E-state index in [1.165, 1.54) is 0 Å². The van der Waals surface area contributed by atoms with Gasteiger partial charge in [0.05, 0.1) is 23.9 Å². The summed E-state index contributed by atoms with van der Waals surface area (Å²) in [6.07, 6.45) is 1.39. The summed E-state index contributed by atoms with van der Waals surface area (Å²) in [4.78, 5) is 2.41. The molecular formula is C14H28N2O2. The first-order valence-corrected chi connectivity index (χ1v) is 7.03. The first-order valence-electron chi connectivity index (χ1n) is 7.03. The van der Waals surface area contributed by atoms with Crippen molar-refractivity contribution in [3.05, 3.63) is 0 Å². The first-order chi connectivity index (χ1) is 8.30. The van der Waals surface area contributed by atoms with Crippen molar-refractivity contribution < 1.29 is 9.47 Å². The zero-order valence-corrected chi connectivity index (χ0v) is 12.5. The minimum Gasteiger partial charge on any atom is -0.374 e. The van der Waals surface area contributed by atoms with Gasteiger partial charge >= 0.3 is 0 Å². The molecule has 0 spiro atoms. The Hall–Kier alpha value is -0.160. The zero-order chi connectivity index (χ0) is 13.4. The summed E-state index contributed by atoms with van der Waals surface area (Å²) < 4.78 is 11.9. The predicted octanol–water partition coefficient (Wildman–Crippen LogP) is 1.25.